The predicted octanol–water partition coefficient (Wildman–Crippen LogP) is 1.98. The van der Waals surface area contributed by atoms with Crippen molar-refractivity contribution in [3.63, 3.8) is 0 Å². The van der Waals surface area contributed by atoms with Crippen LogP contribution in [0, 0.1) is 0 Å². The van der Waals surface area contributed by atoms with E-state index in [9.17, 15) is 9.59 Å². The summed E-state index contributed by atoms with van der Waals surface area (Å²) in [4.78, 5) is 22.0. The second-order valence-corrected chi connectivity index (χ2v) is 4.17. The van der Waals surface area contributed by atoms with E-state index >= 15 is 0 Å². The van der Waals surface area contributed by atoms with Crippen molar-refractivity contribution < 1.29 is 9.59 Å². The van der Waals surface area contributed by atoms with Crippen molar-refractivity contribution in [2.45, 2.75) is 11.8 Å². The van der Waals surface area contributed by atoms with E-state index in [0.717, 1.165) is 0 Å². The summed E-state index contributed by atoms with van der Waals surface area (Å²) in [5, 5.41) is 2.50. The Kier molecular flexibility index (Phi) is 3.83. The fourth-order valence-corrected chi connectivity index (χ4v) is 1.10. The van der Waals surface area contributed by atoms with Crippen LogP contribution < -0.4 is 5.32 Å². The number of hydrogen-bond donors (Lipinski definition) is 1. The number of amides is 1. The summed E-state index contributed by atoms with van der Waals surface area (Å²) in [6.45, 7) is 1.62. The zero-order valence-corrected chi connectivity index (χ0v) is 9.24. The van der Waals surface area contributed by atoms with Crippen LogP contribution in [0.15, 0.2) is 30.3 Å². The zero-order chi connectivity index (χ0) is 10.6. The summed E-state index contributed by atoms with van der Waals surface area (Å²) in [5.41, 5.74) is 0.624. The van der Waals surface area contributed by atoms with Crippen molar-refractivity contribution in [3.8, 4) is 0 Å². The van der Waals surface area contributed by atoms with E-state index in [2.05, 4.69) is 21.2 Å². The van der Waals surface area contributed by atoms with Crippen LogP contribution in [-0.2, 0) is 9.59 Å². The molecule has 3 nitrogen and oxygen atoms in total. The number of halogens is 1. The molecule has 0 saturated carbocycles. The van der Waals surface area contributed by atoms with E-state index in [4.69, 9.17) is 0 Å². The van der Waals surface area contributed by atoms with Gasteiger partial charge in [0.25, 0.3) is 5.91 Å². The topological polar surface area (TPSA) is 46.2 Å². The van der Waals surface area contributed by atoms with Gasteiger partial charge in [-0.1, -0.05) is 34.1 Å². The number of ketones is 1. The molecule has 0 aliphatic rings. The van der Waals surface area contributed by atoms with Crippen LogP contribution in [0.5, 0.6) is 0 Å². The van der Waals surface area contributed by atoms with Gasteiger partial charge in [0.05, 0.1) is 4.83 Å². The molecule has 14 heavy (non-hydrogen) atoms. The first-order chi connectivity index (χ1) is 6.61. The van der Waals surface area contributed by atoms with Gasteiger partial charge in [-0.15, -0.1) is 0 Å². The van der Waals surface area contributed by atoms with Crippen LogP contribution in [0.2, 0.25) is 0 Å². The van der Waals surface area contributed by atoms with Gasteiger partial charge in [0.2, 0.25) is 5.78 Å². The number of carbonyl (C=O) groups excluding carboxylic acids is 2. The molecule has 0 aromatic heterocycles. The monoisotopic (exact) mass is 255 g/mol. The van der Waals surface area contributed by atoms with Gasteiger partial charge >= 0.3 is 0 Å². The van der Waals surface area contributed by atoms with E-state index in [1.54, 1.807) is 31.2 Å². The predicted molar refractivity (Wildman–Crippen MR) is 58.5 cm³/mol. The van der Waals surface area contributed by atoms with Gasteiger partial charge < -0.3 is 5.32 Å². The third-order valence-corrected chi connectivity index (χ3v) is 2.03. The maximum atomic E-state index is 11.3. The fourth-order valence-electron chi connectivity index (χ4n) is 0.895. The normalized spacial score (nSPS) is 11.9. The van der Waals surface area contributed by atoms with Crippen molar-refractivity contribution in [2.75, 3.05) is 5.32 Å². The Morgan fingerprint density at radius 1 is 1.29 bits per heavy atom. The fraction of sp³-hybridized carbons (Fsp3) is 0.200. The molecular weight excluding hydrogens is 246 g/mol. The quantitative estimate of drug-likeness (QED) is 0.663. The van der Waals surface area contributed by atoms with Gasteiger partial charge in [0.15, 0.2) is 0 Å². The van der Waals surface area contributed by atoms with Gasteiger partial charge in [0.1, 0.15) is 0 Å². The Bertz CT molecular complexity index is 335. The highest BCUT2D eigenvalue weighted by Crippen LogP contribution is 2.06. The number of hydrogen-bond acceptors (Lipinski definition) is 2. The molecule has 1 atom stereocenters. The van der Waals surface area contributed by atoms with E-state index in [1.807, 2.05) is 6.07 Å². The van der Waals surface area contributed by atoms with Gasteiger partial charge in [-0.05, 0) is 19.1 Å². The van der Waals surface area contributed by atoms with Crippen molar-refractivity contribution in [1.29, 1.82) is 0 Å². The number of benzene rings is 1. The molecular formula is C10H10BrNO2. The molecule has 0 heterocycles. The first-order valence-corrected chi connectivity index (χ1v) is 5.07. The molecule has 0 fully saturated rings. The Labute approximate surface area is 90.6 Å². The Morgan fingerprint density at radius 2 is 1.86 bits per heavy atom. The number of alkyl halides is 1. The summed E-state index contributed by atoms with van der Waals surface area (Å²) < 4.78 is 0. The van der Waals surface area contributed by atoms with E-state index in [1.165, 1.54) is 0 Å². The number of para-hydroxylation sites is 1. The van der Waals surface area contributed by atoms with Crippen LogP contribution >= 0.6 is 15.9 Å². The molecule has 4 heteroatoms. The molecule has 0 saturated heterocycles. The smallest absolute Gasteiger partial charge is 0.292 e. The summed E-state index contributed by atoms with van der Waals surface area (Å²) >= 11 is 3.04. The lowest BCUT2D eigenvalue weighted by molar-refractivity contribution is -0.134. The third-order valence-electron chi connectivity index (χ3n) is 1.62. The maximum Gasteiger partial charge on any atom is 0.292 e. The average Bonchev–Trinajstić information content (AvgIpc) is 2.18. The van der Waals surface area contributed by atoms with Crippen LogP contribution in [0.3, 0.4) is 0 Å². The summed E-state index contributed by atoms with van der Waals surface area (Å²) in [6.07, 6.45) is 0. The summed E-state index contributed by atoms with van der Waals surface area (Å²) in [7, 11) is 0. The van der Waals surface area contributed by atoms with Crippen molar-refractivity contribution in [2.24, 2.45) is 0 Å². The average molecular weight is 256 g/mol. The van der Waals surface area contributed by atoms with Crippen molar-refractivity contribution in [1.82, 2.24) is 0 Å². The van der Waals surface area contributed by atoms with Gasteiger partial charge in [-0.2, -0.15) is 0 Å². The van der Waals surface area contributed by atoms with Crippen LogP contribution in [0.1, 0.15) is 6.92 Å². The Balaban J connectivity index is 2.63. The SMILES string of the molecule is CC(Br)C(=O)C(=O)Nc1ccccc1. The Hall–Kier alpha value is -1.16. The molecule has 1 amide bonds. The second-order valence-electron chi connectivity index (χ2n) is 2.80. The first kappa shape index (κ1) is 10.9. The highest BCUT2D eigenvalue weighted by Gasteiger charge is 2.18. The highest BCUT2D eigenvalue weighted by atomic mass is 79.9. The van der Waals surface area contributed by atoms with E-state index in [0.29, 0.717) is 5.69 Å². The molecule has 0 aliphatic carbocycles. The standard InChI is InChI=1S/C10H10BrNO2/c1-7(11)9(13)10(14)12-8-5-3-2-4-6-8/h2-7H,1H3,(H,12,14). The summed E-state index contributed by atoms with van der Waals surface area (Å²) in [6, 6.07) is 8.87. The molecule has 1 unspecified atom stereocenters. The number of rotatable bonds is 3. The molecule has 1 aromatic carbocycles. The second kappa shape index (κ2) is 4.91. The molecule has 74 valence electrons. The lowest BCUT2D eigenvalue weighted by Gasteiger charge is -2.04. The lowest BCUT2D eigenvalue weighted by Crippen LogP contribution is -2.28. The summed E-state index contributed by atoms with van der Waals surface area (Å²) in [5.74, 6) is -1.07. The number of nitrogens with one attached hydrogen (secondary N) is 1. The molecule has 1 rings (SSSR count). The number of anilines is 1. The molecule has 0 radical (unpaired) electrons. The number of carbonyl (C=O) groups is 2. The molecule has 0 bridgehead atoms. The number of Topliss-reactive ketones (excluding diaryl/α,β-unsaturated/α-hetero) is 1. The molecule has 0 spiro atoms. The van der Waals surface area contributed by atoms with E-state index in [-0.39, 0.29) is 0 Å². The van der Waals surface area contributed by atoms with Gasteiger partial charge in [0, 0.05) is 5.69 Å². The van der Waals surface area contributed by atoms with Gasteiger partial charge in [-0.25, -0.2) is 0 Å². The van der Waals surface area contributed by atoms with E-state index < -0.39 is 16.5 Å². The van der Waals surface area contributed by atoms with Crippen LogP contribution in [-0.4, -0.2) is 16.5 Å². The maximum absolute atomic E-state index is 11.3. The van der Waals surface area contributed by atoms with Crippen molar-refractivity contribution in [3.05, 3.63) is 30.3 Å². The molecule has 0 aliphatic heterocycles. The molecule has 1 N–H and O–H groups in total. The zero-order valence-electron chi connectivity index (χ0n) is 7.66. The minimum absolute atomic E-state index is 0.453. The highest BCUT2D eigenvalue weighted by molar-refractivity contribution is 9.10. The minimum atomic E-state index is -0.597. The van der Waals surface area contributed by atoms with Crippen LogP contribution in [0.25, 0.3) is 0 Å². The lowest BCUT2D eigenvalue weighted by atomic mass is 10.2. The van der Waals surface area contributed by atoms with Gasteiger partial charge in [-0.3, -0.25) is 9.59 Å². The first-order valence-electron chi connectivity index (χ1n) is 4.15. The Morgan fingerprint density at radius 3 is 2.36 bits per heavy atom. The third kappa shape index (κ3) is 2.96. The van der Waals surface area contributed by atoms with Crippen LogP contribution in [0.4, 0.5) is 5.69 Å². The minimum Gasteiger partial charge on any atom is -0.319 e. The van der Waals surface area contributed by atoms with Crippen molar-refractivity contribution >= 4 is 33.3 Å². The largest absolute Gasteiger partial charge is 0.319 e. The molecule has 1 aromatic rings.